The fourth-order valence-electron chi connectivity index (χ4n) is 5.50. The summed E-state index contributed by atoms with van der Waals surface area (Å²) in [7, 11) is -4.43. The van der Waals surface area contributed by atoms with Crippen molar-refractivity contribution in [3.05, 3.63) is 84.2 Å². The summed E-state index contributed by atoms with van der Waals surface area (Å²) < 4.78 is 42.1. The van der Waals surface area contributed by atoms with E-state index >= 15 is 0 Å². The molecule has 3 heterocycles. The van der Waals surface area contributed by atoms with Gasteiger partial charge in [0, 0.05) is 23.5 Å². The number of aromatic nitrogens is 2. The second-order valence-corrected chi connectivity index (χ2v) is 12.0. The van der Waals surface area contributed by atoms with Crippen LogP contribution in [-0.2, 0) is 23.0 Å². The number of anilines is 2. The van der Waals surface area contributed by atoms with Crippen molar-refractivity contribution in [2.45, 2.75) is 71.1 Å². The molecule has 2 aromatic heterocycles. The van der Waals surface area contributed by atoms with Crippen LogP contribution in [0.4, 0.5) is 11.4 Å². The van der Waals surface area contributed by atoms with Crippen molar-refractivity contribution in [3.8, 4) is 34.0 Å². The van der Waals surface area contributed by atoms with Crippen LogP contribution in [0.3, 0.4) is 0 Å². The molecule has 0 amide bonds. The number of fused-ring (bicyclic) bond motifs is 2. The molecule has 2 aromatic carbocycles. The summed E-state index contributed by atoms with van der Waals surface area (Å²) in [5, 5.41) is -1.19. The second-order valence-electron chi connectivity index (χ2n) is 10.4. The van der Waals surface area contributed by atoms with E-state index in [1.165, 1.54) is 0 Å². The summed E-state index contributed by atoms with van der Waals surface area (Å²) in [5.41, 5.74) is 6.94. The van der Waals surface area contributed by atoms with E-state index in [-0.39, 0.29) is 6.42 Å². The summed E-state index contributed by atoms with van der Waals surface area (Å²) >= 11 is 0. The van der Waals surface area contributed by atoms with Gasteiger partial charge in [-0.3, -0.25) is 14.5 Å². The average molecular weight is 572 g/mol. The highest BCUT2D eigenvalue weighted by Gasteiger charge is 2.36. The van der Waals surface area contributed by atoms with Gasteiger partial charge in [0.1, 0.15) is 0 Å². The van der Waals surface area contributed by atoms with Crippen LogP contribution in [0.1, 0.15) is 64.0 Å². The number of pyridine rings is 2. The lowest BCUT2D eigenvalue weighted by Gasteiger charge is -2.37. The van der Waals surface area contributed by atoms with Crippen molar-refractivity contribution in [3.63, 3.8) is 0 Å². The highest BCUT2D eigenvalue weighted by atomic mass is 32.2. The van der Waals surface area contributed by atoms with Gasteiger partial charge in [0.25, 0.3) is 10.1 Å². The number of unbranched alkanes of at least 4 members (excludes halogenated alkanes) is 2. The third kappa shape index (κ3) is 5.99. The summed E-state index contributed by atoms with van der Waals surface area (Å²) in [6.07, 6.45) is 9.82. The molecule has 8 heteroatoms. The first kappa shape index (κ1) is 28.8. The van der Waals surface area contributed by atoms with Gasteiger partial charge in [0.05, 0.1) is 22.8 Å². The average Bonchev–Trinajstić information content (AvgIpc) is 2.98. The maximum absolute atomic E-state index is 12.7. The largest absolute Gasteiger partial charge is 0.453 e. The normalized spacial score (nSPS) is 13.3. The molecular weight excluding hydrogens is 534 g/mol. The Morgan fingerprint density at radius 1 is 0.780 bits per heavy atom. The number of aryl methyl sites for hydroxylation is 2. The van der Waals surface area contributed by atoms with E-state index in [4.69, 9.17) is 4.74 Å². The predicted molar refractivity (Wildman–Crippen MR) is 164 cm³/mol. The van der Waals surface area contributed by atoms with Crippen LogP contribution in [0.15, 0.2) is 73.1 Å². The van der Waals surface area contributed by atoms with E-state index in [0.717, 1.165) is 72.2 Å². The SMILES string of the molecule is CCCCc1cccnc1-c1ccc2c(c1)Oc1ccc(-c3ncccc3CCCC)cc1N2C(CC)S(=O)(=O)O. The minimum Gasteiger partial charge on any atom is -0.453 e. The maximum atomic E-state index is 12.7. The Labute approximate surface area is 243 Å². The molecule has 1 N–H and O–H groups in total. The molecule has 0 saturated heterocycles. The van der Waals surface area contributed by atoms with Crippen LogP contribution >= 0.6 is 0 Å². The van der Waals surface area contributed by atoms with Gasteiger partial charge in [0.2, 0.25) is 0 Å². The first-order valence-corrected chi connectivity index (χ1v) is 16.0. The van der Waals surface area contributed by atoms with E-state index in [1.54, 1.807) is 24.2 Å². The van der Waals surface area contributed by atoms with Crippen molar-refractivity contribution in [1.82, 2.24) is 9.97 Å². The quantitative estimate of drug-likeness (QED) is 0.181. The van der Waals surface area contributed by atoms with Gasteiger partial charge in [0.15, 0.2) is 16.9 Å². The van der Waals surface area contributed by atoms with Crippen LogP contribution in [0.25, 0.3) is 22.5 Å². The molecule has 5 rings (SSSR count). The number of nitrogens with zero attached hydrogens (tertiary/aromatic N) is 3. The minimum absolute atomic E-state index is 0.177. The summed E-state index contributed by atoms with van der Waals surface area (Å²) in [5.74, 6) is 1.03. The van der Waals surface area contributed by atoms with Crippen molar-refractivity contribution < 1.29 is 17.7 Å². The Bertz CT molecular complexity index is 1640. The first-order chi connectivity index (χ1) is 19.9. The topological polar surface area (TPSA) is 92.6 Å². The monoisotopic (exact) mass is 571 g/mol. The fourth-order valence-corrected chi connectivity index (χ4v) is 6.42. The zero-order valence-electron chi connectivity index (χ0n) is 23.9. The van der Waals surface area contributed by atoms with E-state index in [1.807, 2.05) is 48.5 Å². The third-order valence-corrected chi connectivity index (χ3v) is 8.80. The van der Waals surface area contributed by atoms with E-state index in [9.17, 15) is 13.0 Å². The lowest BCUT2D eigenvalue weighted by Crippen LogP contribution is -2.38. The highest BCUT2D eigenvalue weighted by Crippen LogP contribution is 2.51. The number of benzene rings is 2. The molecule has 1 atom stereocenters. The Morgan fingerprint density at radius 3 is 1.93 bits per heavy atom. The molecule has 214 valence electrons. The molecule has 1 aliphatic heterocycles. The Balaban J connectivity index is 1.63. The molecular formula is C33H37N3O4S. The van der Waals surface area contributed by atoms with Crippen LogP contribution in [0.5, 0.6) is 11.5 Å². The Morgan fingerprint density at radius 2 is 1.37 bits per heavy atom. The van der Waals surface area contributed by atoms with Crippen LogP contribution < -0.4 is 9.64 Å². The first-order valence-electron chi connectivity index (χ1n) is 14.5. The molecule has 1 unspecified atom stereocenters. The Hall–Kier alpha value is -3.75. The van der Waals surface area contributed by atoms with Crippen molar-refractivity contribution in [2.24, 2.45) is 0 Å². The zero-order chi connectivity index (χ0) is 29.0. The van der Waals surface area contributed by atoms with Gasteiger partial charge in [-0.15, -0.1) is 0 Å². The Kier molecular flexibility index (Phi) is 8.71. The van der Waals surface area contributed by atoms with Gasteiger partial charge in [-0.2, -0.15) is 8.42 Å². The van der Waals surface area contributed by atoms with Gasteiger partial charge in [-0.05, 0) is 85.7 Å². The molecule has 0 saturated carbocycles. The molecule has 0 spiro atoms. The molecule has 0 fully saturated rings. The lowest BCUT2D eigenvalue weighted by molar-refractivity contribution is 0.452. The van der Waals surface area contributed by atoms with Gasteiger partial charge >= 0.3 is 0 Å². The van der Waals surface area contributed by atoms with E-state index < -0.39 is 15.5 Å². The van der Waals surface area contributed by atoms with Crippen molar-refractivity contribution in [2.75, 3.05) is 4.90 Å². The maximum Gasteiger partial charge on any atom is 0.286 e. The van der Waals surface area contributed by atoms with Gasteiger partial charge in [-0.1, -0.05) is 51.8 Å². The minimum atomic E-state index is -4.43. The van der Waals surface area contributed by atoms with E-state index in [0.29, 0.717) is 22.9 Å². The third-order valence-electron chi connectivity index (χ3n) is 7.57. The number of hydrogen-bond acceptors (Lipinski definition) is 6. The highest BCUT2D eigenvalue weighted by molar-refractivity contribution is 7.86. The number of rotatable bonds is 11. The molecule has 4 aromatic rings. The molecule has 41 heavy (non-hydrogen) atoms. The molecule has 1 aliphatic rings. The molecule has 7 nitrogen and oxygen atoms in total. The molecule has 0 bridgehead atoms. The van der Waals surface area contributed by atoms with Crippen LogP contribution in [0, 0.1) is 0 Å². The standard InChI is InChI=1S/C33H37N3O4S/c1-4-7-11-23-13-9-19-34-32(23)25-16-18-29-28(21-25)36(31(6-3)41(37,38)39)27-17-15-26(22-30(27)40-29)33-24(12-8-5-2)14-10-20-35-33/h9-10,13-22,31H,4-8,11-12H2,1-3H3,(H,37,38,39). The predicted octanol–water partition coefficient (Wildman–Crippen LogP) is 8.36. The van der Waals surface area contributed by atoms with Gasteiger partial charge < -0.3 is 9.64 Å². The molecule has 0 aliphatic carbocycles. The van der Waals surface area contributed by atoms with Crippen molar-refractivity contribution in [1.29, 1.82) is 0 Å². The lowest BCUT2D eigenvalue weighted by atomic mass is 9.99. The summed E-state index contributed by atoms with van der Waals surface area (Å²) in [6, 6.07) is 19.5. The van der Waals surface area contributed by atoms with Gasteiger partial charge in [-0.25, -0.2) is 0 Å². The summed E-state index contributed by atoms with van der Waals surface area (Å²) in [6.45, 7) is 6.08. The molecule has 0 radical (unpaired) electrons. The number of ether oxygens (including phenoxy) is 1. The zero-order valence-corrected chi connectivity index (χ0v) is 24.7. The summed E-state index contributed by atoms with van der Waals surface area (Å²) in [4.78, 5) is 11.0. The number of hydrogen-bond donors (Lipinski definition) is 1. The fraction of sp³-hybridized carbons (Fsp3) is 0.333. The van der Waals surface area contributed by atoms with Crippen LogP contribution in [-0.4, -0.2) is 28.3 Å². The van der Waals surface area contributed by atoms with E-state index in [2.05, 4.69) is 35.9 Å². The smallest absolute Gasteiger partial charge is 0.286 e. The van der Waals surface area contributed by atoms with Crippen molar-refractivity contribution >= 4 is 21.5 Å². The van der Waals surface area contributed by atoms with Crippen LogP contribution in [0.2, 0.25) is 0 Å². The second kappa shape index (κ2) is 12.4.